The van der Waals surface area contributed by atoms with Crippen LogP contribution < -0.4 is 10.6 Å². The first-order chi connectivity index (χ1) is 14.3. The lowest BCUT2D eigenvalue weighted by atomic mass is 10.0. The Morgan fingerprint density at radius 3 is 2.35 bits per heavy atom. The van der Waals surface area contributed by atoms with Crippen LogP contribution in [0.1, 0.15) is 65.1 Å². The molecule has 1 fully saturated rings. The van der Waals surface area contributed by atoms with Gasteiger partial charge in [0.05, 0.1) is 0 Å². The predicted molar refractivity (Wildman–Crippen MR) is 118 cm³/mol. The monoisotopic (exact) mass is 433 g/mol. The van der Waals surface area contributed by atoms with Gasteiger partial charge in [0.15, 0.2) is 0 Å². The van der Waals surface area contributed by atoms with Crippen LogP contribution in [0.25, 0.3) is 0 Å². The zero-order chi connectivity index (χ0) is 23.5. The minimum Gasteiger partial charge on any atom is -0.508 e. The van der Waals surface area contributed by atoms with E-state index in [0.29, 0.717) is 11.1 Å². The number of nitrogens with one attached hydrogen (secondary N) is 2. The Morgan fingerprint density at radius 1 is 1.26 bits per heavy atom. The fourth-order valence-electron chi connectivity index (χ4n) is 3.41. The highest BCUT2D eigenvalue weighted by Gasteiger charge is 2.46. The first-order valence-electron chi connectivity index (χ1n) is 10.7. The zero-order valence-electron chi connectivity index (χ0n) is 19.5. The molecule has 0 saturated heterocycles. The molecule has 0 bridgehead atoms. The number of carbonyl (C=O) groups excluding carboxylic acids is 3. The first kappa shape index (κ1) is 24.5. The second kappa shape index (κ2) is 9.58. The summed E-state index contributed by atoms with van der Waals surface area (Å²) in [6.07, 6.45) is 0.0917. The summed E-state index contributed by atoms with van der Waals surface area (Å²) in [5, 5.41) is 15.3. The minimum absolute atomic E-state index is 0.107. The number of phenolic OH excluding ortho intramolecular Hbond substituents is 1. The Hall–Kier alpha value is -2.77. The lowest BCUT2D eigenvalue weighted by Crippen LogP contribution is -2.50. The fourth-order valence-corrected chi connectivity index (χ4v) is 3.41. The summed E-state index contributed by atoms with van der Waals surface area (Å²) in [6.45, 7) is 12.4. The quantitative estimate of drug-likeness (QED) is 0.613. The molecule has 1 aromatic rings. The van der Waals surface area contributed by atoms with E-state index in [1.165, 1.54) is 6.07 Å². The highest BCUT2D eigenvalue weighted by atomic mass is 16.6. The minimum atomic E-state index is -0.871. The summed E-state index contributed by atoms with van der Waals surface area (Å²) >= 11 is 0. The molecule has 8 nitrogen and oxygen atoms in total. The van der Waals surface area contributed by atoms with Crippen molar-refractivity contribution in [3.05, 3.63) is 29.3 Å². The van der Waals surface area contributed by atoms with Crippen LogP contribution in [0.4, 0.5) is 4.79 Å². The Labute approximate surface area is 184 Å². The maximum Gasteiger partial charge on any atom is 0.408 e. The summed E-state index contributed by atoms with van der Waals surface area (Å²) in [5.41, 5.74) is 0.544. The van der Waals surface area contributed by atoms with Crippen molar-refractivity contribution >= 4 is 17.9 Å². The van der Waals surface area contributed by atoms with E-state index in [-0.39, 0.29) is 42.1 Å². The van der Waals surface area contributed by atoms with Gasteiger partial charge in [-0.15, -0.1) is 0 Å². The Balaban J connectivity index is 2.32. The second-order valence-corrected chi connectivity index (χ2v) is 9.55. The van der Waals surface area contributed by atoms with Crippen molar-refractivity contribution in [3.63, 3.8) is 0 Å². The third-order valence-electron chi connectivity index (χ3n) is 4.99. The summed E-state index contributed by atoms with van der Waals surface area (Å²) in [6, 6.07) is 3.81. The van der Waals surface area contributed by atoms with Crippen molar-refractivity contribution in [2.75, 3.05) is 6.54 Å². The molecule has 0 heterocycles. The van der Waals surface area contributed by atoms with E-state index in [9.17, 15) is 19.5 Å². The maximum absolute atomic E-state index is 13.2. The molecule has 8 heteroatoms. The maximum atomic E-state index is 13.2. The number of carbonyl (C=O) groups is 3. The topological polar surface area (TPSA) is 108 Å². The third kappa shape index (κ3) is 6.87. The molecule has 0 aliphatic heterocycles. The molecule has 1 aliphatic rings. The summed E-state index contributed by atoms with van der Waals surface area (Å²) in [5.74, 6) is -0.297. The summed E-state index contributed by atoms with van der Waals surface area (Å²) in [4.78, 5) is 40.0. The van der Waals surface area contributed by atoms with Crippen LogP contribution in [0.15, 0.2) is 18.2 Å². The molecule has 3 atom stereocenters. The second-order valence-electron chi connectivity index (χ2n) is 9.55. The van der Waals surface area contributed by atoms with Crippen molar-refractivity contribution in [3.8, 4) is 5.75 Å². The Morgan fingerprint density at radius 2 is 1.87 bits per heavy atom. The van der Waals surface area contributed by atoms with Gasteiger partial charge in [-0.2, -0.15) is 0 Å². The van der Waals surface area contributed by atoms with Gasteiger partial charge < -0.3 is 25.4 Å². The largest absolute Gasteiger partial charge is 0.508 e. The van der Waals surface area contributed by atoms with E-state index >= 15 is 0 Å². The van der Waals surface area contributed by atoms with Crippen molar-refractivity contribution in [1.82, 2.24) is 15.5 Å². The van der Waals surface area contributed by atoms with Crippen molar-refractivity contribution in [2.24, 2.45) is 5.92 Å². The van der Waals surface area contributed by atoms with E-state index in [1.807, 2.05) is 20.8 Å². The number of amides is 3. The Kier molecular flexibility index (Phi) is 7.57. The molecule has 1 aromatic carbocycles. The van der Waals surface area contributed by atoms with Crippen LogP contribution in [0.5, 0.6) is 5.75 Å². The molecule has 3 N–H and O–H groups in total. The molecule has 0 spiro atoms. The van der Waals surface area contributed by atoms with Gasteiger partial charge in [-0.3, -0.25) is 9.59 Å². The number of aromatic hydroxyl groups is 1. The predicted octanol–water partition coefficient (Wildman–Crippen LogP) is 3.03. The molecule has 3 unspecified atom stereocenters. The summed E-state index contributed by atoms with van der Waals surface area (Å²) in [7, 11) is 0. The van der Waals surface area contributed by atoms with Crippen LogP contribution in [0.2, 0.25) is 0 Å². The van der Waals surface area contributed by atoms with Gasteiger partial charge in [0.1, 0.15) is 23.9 Å². The average molecular weight is 434 g/mol. The van der Waals surface area contributed by atoms with E-state index in [0.717, 1.165) is 6.42 Å². The first-order valence-corrected chi connectivity index (χ1v) is 10.7. The number of aryl methyl sites for hydroxylation is 1. The molecular weight excluding hydrogens is 398 g/mol. The number of hydrogen-bond donors (Lipinski definition) is 3. The van der Waals surface area contributed by atoms with Gasteiger partial charge in [-0.05, 0) is 77.1 Å². The molecule has 172 valence electrons. The van der Waals surface area contributed by atoms with Gasteiger partial charge in [-0.1, -0.05) is 13.0 Å². The highest BCUT2D eigenvalue weighted by molar-refractivity contribution is 5.91. The lowest BCUT2D eigenvalue weighted by molar-refractivity contribution is -0.141. The van der Waals surface area contributed by atoms with Crippen molar-refractivity contribution in [2.45, 2.75) is 78.6 Å². The van der Waals surface area contributed by atoms with Crippen LogP contribution in [-0.2, 0) is 14.3 Å². The van der Waals surface area contributed by atoms with E-state index in [2.05, 4.69) is 10.6 Å². The summed E-state index contributed by atoms with van der Waals surface area (Å²) < 4.78 is 5.21. The van der Waals surface area contributed by atoms with Gasteiger partial charge in [-0.25, -0.2) is 4.79 Å². The lowest BCUT2D eigenvalue weighted by Gasteiger charge is -2.33. The number of nitrogens with zero attached hydrogens (tertiary/aromatic N) is 1. The van der Waals surface area contributed by atoms with E-state index in [1.54, 1.807) is 44.7 Å². The number of ether oxygens (including phenoxy) is 1. The standard InChI is InChI=1S/C23H35N3O5/c1-13(2)25-21(29)20(16-8-9-18(27)15(4)10-16)26(17-11-14(17)3)19(28)12-24-22(30)31-23(5,6)7/h8-10,13-14,17,20,27H,11-12H2,1-7H3,(H,24,30)(H,25,29). The van der Waals surface area contributed by atoms with Crippen LogP contribution >= 0.6 is 0 Å². The van der Waals surface area contributed by atoms with Gasteiger partial charge >= 0.3 is 6.09 Å². The average Bonchev–Trinajstić information content (AvgIpc) is 3.33. The molecule has 2 rings (SSSR count). The highest BCUT2D eigenvalue weighted by Crippen LogP contribution is 2.40. The number of alkyl carbamates (subject to hydrolysis) is 1. The zero-order valence-corrected chi connectivity index (χ0v) is 19.5. The van der Waals surface area contributed by atoms with Gasteiger partial charge in [0.25, 0.3) is 0 Å². The fraction of sp³-hybridized carbons (Fsp3) is 0.609. The van der Waals surface area contributed by atoms with Gasteiger partial charge in [0.2, 0.25) is 11.8 Å². The normalized spacial score (nSPS) is 18.8. The third-order valence-corrected chi connectivity index (χ3v) is 4.99. The number of benzene rings is 1. The van der Waals surface area contributed by atoms with Crippen molar-refractivity contribution < 1.29 is 24.2 Å². The van der Waals surface area contributed by atoms with Gasteiger partial charge in [0, 0.05) is 12.1 Å². The van der Waals surface area contributed by atoms with Crippen LogP contribution in [0, 0.1) is 12.8 Å². The van der Waals surface area contributed by atoms with E-state index in [4.69, 9.17) is 4.74 Å². The molecule has 3 amide bonds. The van der Waals surface area contributed by atoms with Crippen LogP contribution in [0.3, 0.4) is 0 Å². The molecular formula is C23H35N3O5. The Bertz CT molecular complexity index is 831. The van der Waals surface area contributed by atoms with Crippen LogP contribution in [-0.4, -0.2) is 52.1 Å². The molecule has 31 heavy (non-hydrogen) atoms. The molecule has 0 aromatic heterocycles. The molecule has 0 radical (unpaired) electrons. The molecule has 1 saturated carbocycles. The number of phenols is 1. The van der Waals surface area contributed by atoms with E-state index < -0.39 is 17.7 Å². The number of hydrogen-bond acceptors (Lipinski definition) is 5. The number of rotatable bonds is 7. The van der Waals surface area contributed by atoms with Crippen molar-refractivity contribution in [1.29, 1.82) is 0 Å². The molecule has 1 aliphatic carbocycles. The SMILES string of the molecule is Cc1cc(C(C(=O)NC(C)C)N(C(=O)CNC(=O)OC(C)(C)C)C2CC2C)ccc1O. The smallest absolute Gasteiger partial charge is 0.408 e.